The van der Waals surface area contributed by atoms with Crippen molar-refractivity contribution in [2.24, 2.45) is 0 Å². The molecule has 0 aromatic carbocycles. The van der Waals surface area contributed by atoms with Gasteiger partial charge in [0.1, 0.15) is 0 Å². The first-order chi connectivity index (χ1) is 5.46. The second-order valence-corrected chi connectivity index (χ2v) is 15.2. The minimum Gasteiger partial charge on any atom is -0.368 e. The summed E-state index contributed by atoms with van der Waals surface area (Å²) in [6.07, 6.45) is 0. The molecule has 0 aliphatic carbocycles. The average molecular weight is 367 g/mol. The molecule has 0 aromatic rings. The summed E-state index contributed by atoms with van der Waals surface area (Å²) in [5.74, 6) is 0. The number of hydrogen-bond acceptors (Lipinski definition) is 4. The van der Waals surface area contributed by atoms with Crippen molar-refractivity contribution in [2.45, 2.75) is 0 Å². The standard InChI is InChI=1S/2Cl3HSi.H4O4Si/c2*1-4(2)3;1-5(2,3)4/h2*4H;1-4H. The van der Waals surface area contributed by atoms with Crippen molar-refractivity contribution < 1.29 is 19.2 Å². The Kier molecular flexibility index (Phi) is 19.5. The zero-order chi connectivity index (χ0) is 11.7. The molecule has 0 bridgehead atoms. The van der Waals surface area contributed by atoms with Crippen molar-refractivity contribution in [1.82, 2.24) is 0 Å². The van der Waals surface area contributed by atoms with E-state index < -0.39 is 22.5 Å². The maximum atomic E-state index is 7.33. The minimum absolute atomic E-state index is 1.72. The van der Waals surface area contributed by atoms with Gasteiger partial charge in [-0.3, -0.25) is 0 Å². The third-order valence-corrected chi connectivity index (χ3v) is 0. The Morgan fingerprint density at radius 1 is 0.615 bits per heavy atom. The van der Waals surface area contributed by atoms with Gasteiger partial charge in [0, 0.05) is 0 Å². The Morgan fingerprint density at radius 2 is 0.615 bits per heavy atom. The highest BCUT2D eigenvalue weighted by Crippen LogP contribution is 1.97. The van der Waals surface area contributed by atoms with Gasteiger partial charge in [0.2, 0.25) is 0 Å². The lowest BCUT2D eigenvalue weighted by molar-refractivity contribution is 0.117. The molecule has 0 spiro atoms. The molecule has 84 valence electrons. The molecule has 0 saturated heterocycles. The first kappa shape index (κ1) is 20.6. The van der Waals surface area contributed by atoms with Crippen molar-refractivity contribution in [1.29, 1.82) is 0 Å². The number of hydrogen-bond donors (Lipinski definition) is 4. The Labute approximate surface area is 107 Å². The van der Waals surface area contributed by atoms with Gasteiger partial charge in [-0.25, -0.2) is 0 Å². The molecule has 0 amide bonds. The zero-order valence-corrected chi connectivity index (χ0v) is 13.6. The lowest BCUT2D eigenvalue weighted by Crippen LogP contribution is -2.33. The van der Waals surface area contributed by atoms with Crippen LogP contribution in [0.25, 0.3) is 0 Å². The molecule has 13 heavy (non-hydrogen) atoms. The van der Waals surface area contributed by atoms with Crippen LogP contribution in [0.5, 0.6) is 0 Å². The predicted octanol–water partition coefficient (Wildman–Crippen LogP) is 0.231. The van der Waals surface area contributed by atoms with E-state index in [4.69, 9.17) is 85.7 Å². The molecule has 13 heteroatoms. The van der Waals surface area contributed by atoms with Gasteiger partial charge in [0.05, 0.1) is 0 Å². The highest BCUT2D eigenvalue weighted by Gasteiger charge is 2.22. The van der Waals surface area contributed by atoms with Gasteiger partial charge < -0.3 is 19.2 Å². The Balaban J connectivity index is -0.000000117. The molecule has 0 aromatic heterocycles. The van der Waals surface area contributed by atoms with E-state index in [1.807, 2.05) is 0 Å². The maximum Gasteiger partial charge on any atom is 0.668 e. The first-order valence-corrected chi connectivity index (χ1v) is 14.5. The average Bonchev–Trinajstić information content (AvgIpc) is 1.50. The van der Waals surface area contributed by atoms with E-state index >= 15 is 0 Å². The summed E-state index contributed by atoms with van der Waals surface area (Å²) in [4.78, 5) is 29.3. The van der Waals surface area contributed by atoms with Gasteiger partial charge in [-0.1, -0.05) is 0 Å². The summed E-state index contributed by atoms with van der Waals surface area (Å²) in [7, 11) is -4.61. The van der Waals surface area contributed by atoms with Crippen LogP contribution >= 0.6 is 66.5 Å². The van der Waals surface area contributed by atoms with Crippen LogP contribution in [0.1, 0.15) is 0 Å². The van der Waals surface area contributed by atoms with Crippen molar-refractivity contribution in [3.05, 3.63) is 0 Å². The SMILES string of the molecule is Cl[SiH](Cl)Cl.Cl[SiH](Cl)Cl.O[Si](O)(O)O. The second-order valence-electron chi connectivity index (χ2n) is 1.09. The Hall–Kier alpha value is 2.23. The van der Waals surface area contributed by atoms with Crippen LogP contribution in [0.3, 0.4) is 0 Å². The van der Waals surface area contributed by atoms with Crippen LogP contribution in [-0.4, -0.2) is 41.7 Å². The van der Waals surface area contributed by atoms with E-state index in [-0.39, 0.29) is 0 Å². The van der Waals surface area contributed by atoms with Crippen molar-refractivity contribution >= 4 is 89.0 Å². The molecule has 0 heterocycles. The van der Waals surface area contributed by atoms with E-state index in [1.54, 1.807) is 0 Å². The molecule has 0 fully saturated rings. The Bertz CT molecular complexity index is 74.9. The summed E-state index contributed by atoms with van der Waals surface area (Å²) < 4.78 is 0. The number of rotatable bonds is 0. The second kappa shape index (κ2) is 12.3. The van der Waals surface area contributed by atoms with Gasteiger partial charge in [-0.05, 0) is 0 Å². The van der Waals surface area contributed by atoms with E-state index in [0.29, 0.717) is 0 Å². The van der Waals surface area contributed by atoms with Crippen LogP contribution in [-0.2, 0) is 0 Å². The van der Waals surface area contributed by atoms with E-state index in [0.717, 1.165) is 0 Å². The van der Waals surface area contributed by atoms with Crippen LogP contribution in [0.15, 0.2) is 0 Å². The molecule has 0 unspecified atom stereocenters. The summed E-state index contributed by atoms with van der Waals surface area (Å²) in [6.45, 7) is -3.44. The van der Waals surface area contributed by atoms with Crippen molar-refractivity contribution in [2.75, 3.05) is 0 Å². The van der Waals surface area contributed by atoms with Crippen molar-refractivity contribution in [3.8, 4) is 0 Å². The topological polar surface area (TPSA) is 80.9 Å². The fourth-order valence-electron chi connectivity index (χ4n) is 0. The minimum atomic E-state index is -4.61. The van der Waals surface area contributed by atoms with Crippen LogP contribution in [0.4, 0.5) is 0 Å². The van der Waals surface area contributed by atoms with Gasteiger partial charge in [-0.15, -0.1) is 66.5 Å². The fourth-order valence-corrected chi connectivity index (χ4v) is 0. The summed E-state index contributed by atoms with van der Waals surface area (Å²) in [6, 6.07) is 0. The van der Waals surface area contributed by atoms with E-state index in [9.17, 15) is 0 Å². The van der Waals surface area contributed by atoms with Gasteiger partial charge in [0.25, 0.3) is 0 Å². The normalized spacial score (nSPS) is 10.2. The molecule has 0 aliphatic rings. The largest absolute Gasteiger partial charge is 0.668 e. The number of halogens is 6. The molecule has 0 saturated carbocycles. The van der Waals surface area contributed by atoms with E-state index in [1.165, 1.54) is 0 Å². The highest BCUT2D eigenvalue weighted by molar-refractivity contribution is 7.54. The van der Waals surface area contributed by atoms with Crippen LogP contribution in [0.2, 0.25) is 0 Å². The molecule has 0 rings (SSSR count). The molecule has 4 nitrogen and oxygen atoms in total. The highest BCUT2D eigenvalue weighted by atomic mass is 35.8. The summed E-state index contributed by atoms with van der Waals surface area (Å²) >= 11 is 29.7. The molecule has 0 radical (unpaired) electrons. The fraction of sp³-hybridized carbons (Fsp3) is 0. The zero-order valence-electron chi connectivity index (χ0n) is 5.71. The Morgan fingerprint density at radius 3 is 0.615 bits per heavy atom. The first-order valence-electron chi connectivity index (χ1n) is 2.20. The van der Waals surface area contributed by atoms with Gasteiger partial charge >= 0.3 is 22.5 Å². The van der Waals surface area contributed by atoms with Gasteiger partial charge in [-0.2, -0.15) is 0 Å². The quantitative estimate of drug-likeness (QED) is 0.365. The maximum absolute atomic E-state index is 7.33. The smallest absolute Gasteiger partial charge is 0.368 e. The monoisotopic (exact) mass is 364 g/mol. The lowest BCUT2D eigenvalue weighted by atomic mass is 15.7. The summed E-state index contributed by atoms with van der Waals surface area (Å²) in [5, 5.41) is 0. The molecular formula is H6Cl6O4Si3. The van der Waals surface area contributed by atoms with E-state index in [2.05, 4.69) is 0 Å². The van der Waals surface area contributed by atoms with Crippen LogP contribution in [0, 0.1) is 0 Å². The predicted molar refractivity (Wildman–Crippen MR) is 64.0 cm³/mol. The molecular weight excluding hydrogens is 361 g/mol. The third kappa shape index (κ3) is 428. The molecule has 0 atom stereocenters. The third-order valence-electron chi connectivity index (χ3n) is 0. The van der Waals surface area contributed by atoms with Gasteiger partial charge in [0.15, 0.2) is 0 Å². The van der Waals surface area contributed by atoms with Crippen molar-refractivity contribution in [3.63, 3.8) is 0 Å². The van der Waals surface area contributed by atoms with Crippen LogP contribution < -0.4 is 0 Å². The molecule has 4 N–H and O–H groups in total. The summed E-state index contributed by atoms with van der Waals surface area (Å²) in [5.41, 5.74) is 0. The lowest BCUT2D eigenvalue weighted by Gasteiger charge is -1.91. The molecule has 0 aliphatic heterocycles.